The molecule has 1 aromatic rings. The van der Waals surface area contributed by atoms with Gasteiger partial charge in [-0.2, -0.15) is 0 Å². The van der Waals surface area contributed by atoms with Gasteiger partial charge in [-0.25, -0.2) is 0 Å². The van der Waals surface area contributed by atoms with E-state index in [4.69, 9.17) is 10.5 Å². The van der Waals surface area contributed by atoms with E-state index in [9.17, 15) is 4.79 Å². The zero-order chi connectivity index (χ0) is 14.0. The van der Waals surface area contributed by atoms with Crippen LogP contribution in [0.3, 0.4) is 0 Å². The molecule has 1 aliphatic rings. The SMILES string of the molecule is COc1ccc(N)cc1C(=O)N1CCCC(C)(C)C1. The molecule has 2 N–H and O–H groups in total. The van der Waals surface area contributed by atoms with Gasteiger partial charge in [-0.05, 0) is 36.5 Å². The maximum atomic E-state index is 12.6. The summed E-state index contributed by atoms with van der Waals surface area (Å²) >= 11 is 0. The van der Waals surface area contributed by atoms with Crippen molar-refractivity contribution in [3.05, 3.63) is 23.8 Å². The topological polar surface area (TPSA) is 55.6 Å². The highest BCUT2D eigenvalue weighted by atomic mass is 16.5. The van der Waals surface area contributed by atoms with Gasteiger partial charge in [0.25, 0.3) is 5.91 Å². The Balaban J connectivity index is 2.26. The molecule has 1 aromatic carbocycles. The molecule has 1 heterocycles. The van der Waals surface area contributed by atoms with Gasteiger partial charge in [-0.15, -0.1) is 0 Å². The van der Waals surface area contributed by atoms with Crippen LogP contribution in [0.4, 0.5) is 5.69 Å². The molecule has 0 spiro atoms. The van der Waals surface area contributed by atoms with Crippen molar-refractivity contribution in [1.29, 1.82) is 0 Å². The average molecular weight is 262 g/mol. The van der Waals surface area contributed by atoms with Gasteiger partial charge in [0.15, 0.2) is 0 Å². The predicted molar refractivity (Wildman–Crippen MR) is 76.3 cm³/mol. The number of benzene rings is 1. The van der Waals surface area contributed by atoms with E-state index in [1.807, 2.05) is 4.90 Å². The number of nitrogens with zero attached hydrogens (tertiary/aromatic N) is 1. The molecule has 104 valence electrons. The van der Waals surface area contributed by atoms with Crippen LogP contribution in [0.15, 0.2) is 18.2 Å². The first-order valence-electron chi connectivity index (χ1n) is 6.66. The number of ether oxygens (including phenoxy) is 1. The number of nitrogen functional groups attached to an aromatic ring is 1. The summed E-state index contributed by atoms with van der Waals surface area (Å²) < 4.78 is 5.26. The van der Waals surface area contributed by atoms with E-state index >= 15 is 0 Å². The summed E-state index contributed by atoms with van der Waals surface area (Å²) in [6, 6.07) is 5.19. The highest BCUT2D eigenvalue weighted by Crippen LogP contribution is 2.31. The molecule has 0 saturated carbocycles. The minimum atomic E-state index is 0.0110. The third kappa shape index (κ3) is 3.00. The summed E-state index contributed by atoms with van der Waals surface area (Å²) in [5, 5.41) is 0. The van der Waals surface area contributed by atoms with E-state index in [0.717, 1.165) is 25.9 Å². The Morgan fingerprint density at radius 3 is 2.79 bits per heavy atom. The number of piperidine rings is 1. The highest BCUT2D eigenvalue weighted by Gasteiger charge is 2.30. The molecule has 0 unspecified atom stereocenters. The van der Waals surface area contributed by atoms with Gasteiger partial charge >= 0.3 is 0 Å². The van der Waals surface area contributed by atoms with Crippen molar-refractivity contribution in [2.75, 3.05) is 25.9 Å². The van der Waals surface area contributed by atoms with E-state index in [1.54, 1.807) is 25.3 Å². The van der Waals surface area contributed by atoms with E-state index in [-0.39, 0.29) is 11.3 Å². The summed E-state index contributed by atoms with van der Waals surface area (Å²) in [5.41, 5.74) is 7.10. The van der Waals surface area contributed by atoms with Crippen LogP contribution in [0.1, 0.15) is 37.0 Å². The van der Waals surface area contributed by atoms with E-state index < -0.39 is 0 Å². The third-order valence-corrected chi connectivity index (χ3v) is 3.64. The van der Waals surface area contributed by atoms with Crippen molar-refractivity contribution in [1.82, 2.24) is 4.90 Å². The minimum absolute atomic E-state index is 0.0110. The van der Waals surface area contributed by atoms with Gasteiger partial charge in [0.2, 0.25) is 0 Å². The smallest absolute Gasteiger partial charge is 0.257 e. The molecule has 4 nitrogen and oxygen atoms in total. The van der Waals surface area contributed by atoms with Gasteiger partial charge < -0.3 is 15.4 Å². The number of anilines is 1. The number of carbonyl (C=O) groups excluding carboxylic acids is 1. The minimum Gasteiger partial charge on any atom is -0.496 e. The van der Waals surface area contributed by atoms with Gasteiger partial charge in [-0.3, -0.25) is 4.79 Å². The summed E-state index contributed by atoms with van der Waals surface area (Å²) in [7, 11) is 1.57. The molecule has 0 radical (unpaired) electrons. The number of carbonyl (C=O) groups is 1. The Morgan fingerprint density at radius 2 is 2.16 bits per heavy atom. The molecular formula is C15H22N2O2. The molecule has 2 rings (SSSR count). The second-order valence-electron chi connectivity index (χ2n) is 5.95. The van der Waals surface area contributed by atoms with Crippen LogP contribution >= 0.6 is 0 Å². The summed E-state index contributed by atoms with van der Waals surface area (Å²) in [6.07, 6.45) is 2.20. The van der Waals surface area contributed by atoms with Crippen LogP contribution < -0.4 is 10.5 Å². The Bertz CT molecular complexity index is 483. The zero-order valence-corrected chi connectivity index (χ0v) is 11.9. The number of amides is 1. The maximum absolute atomic E-state index is 12.6. The Morgan fingerprint density at radius 1 is 1.42 bits per heavy atom. The van der Waals surface area contributed by atoms with Crippen molar-refractivity contribution >= 4 is 11.6 Å². The lowest BCUT2D eigenvalue weighted by molar-refractivity contribution is 0.0580. The van der Waals surface area contributed by atoms with E-state index in [0.29, 0.717) is 17.0 Å². The molecule has 19 heavy (non-hydrogen) atoms. The Labute approximate surface area is 114 Å². The van der Waals surface area contributed by atoms with Crippen LogP contribution in [0, 0.1) is 5.41 Å². The summed E-state index contributed by atoms with van der Waals surface area (Å²) in [4.78, 5) is 14.5. The van der Waals surface area contributed by atoms with E-state index in [2.05, 4.69) is 13.8 Å². The number of likely N-dealkylation sites (tertiary alicyclic amines) is 1. The van der Waals surface area contributed by atoms with Crippen molar-refractivity contribution in [2.24, 2.45) is 5.41 Å². The highest BCUT2D eigenvalue weighted by molar-refractivity contribution is 5.98. The first-order chi connectivity index (χ1) is 8.93. The molecule has 0 bridgehead atoms. The lowest BCUT2D eigenvalue weighted by atomic mass is 9.84. The molecule has 1 aliphatic heterocycles. The number of hydrogen-bond acceptors (Lipinski definition) is 3. The quantitative estimate of drug-likeness (QED) is 0.833. The monoisotopic (exact) mass is 262 g/mol. The van der Waals surface area contributed by atoms with Gasteiger partial charge in [0, 0.05) is 18.8 Å². The van der Waals surface area contributed by atoms with E-state index in [1.165, 1.54) is 0 Å². The van der Waals surface area contributed by atoms with Crippen molar-refractivity contribution in [2.45, 2.75) is 26.7 Å². The number of rotatable bonds is 2. The summed E-state index contributed by atoms with van der Waals surface area (Å²) in [5.74, 6) is 0.597. The first kappa shape index (κ1) is 13.7. The molecule has 4 heteroatoms. The van der Waals surface area contributed by atoms with Gasteiger partial charge in [0.1, 0.15) is 5.75 Å². The van der Waals surface area contributed by atoms with Gasteiger partial charge in [-0.1, -0.05) is 13.8 Å². The lowest BCUT2D eigenvalue weighted by Crippen LogP contribution is -2.43. The average Bonchev–Trinajstić information content (AvgIpc) is 2.36. The van der Waals surface area contributed by atoms with Crippen molar-refractivity contribution < 1.29 is 9.53 Å². The zero-order valence-electron chi connectivity index (χ0n) is 11.9. The van der Waals surface area contributed by atoms with Crippen LogP contribution in [-0.4, -0.2) is 31.0 Å². The number of methoxy groups -OCH3 is 1. The van der Waals surface area contributed by atoms with Crippen LogP contribution in [0.2, 0.25) is 0 Å². The molecule has 1 saturated heterocycles. The molecule has 1 amide bonds. The fourth-order valence-electron chi connectivity index (χ4n) is 2.66. The molecule has 0 atom stereocenters. The largest absolute Gasteiger partial charge is 0.496 e. The fraction of sp³-hybridized carbons (Fsp3) is 0.533. The van der Waals surface area contributed by atoms with Gasteiger partial charge in [0.05, 0.1) is 12.7 Å². The number of hydrogen-bond donors (Lipinski definition) is 1. The Kier molecular flexibility index (Phi) is 3.69. The predicted octanol–water partition coefficient (Wildman–Crippen LogP) is 2.54. The number of nitrogens with two attached hydrogens (primary N) is 1. The third-order valence-electron chi connectivity index (χ3n) is 3.64. The van der Waals surface area contributed by atoms with Crippen LogP contribution in [-0.2, 0) is 0 Å². The second-order valence-corrected chi connectivity index (χ2v) is 5.95. The fourth-order valence-corrected chi connectivity index (χ4v) is 2.66. The molecule has 1 fully saturated rings. The molecular weight excluding hydrogens is 240 g/mol. The van der Waals surface area contributed by atoms with Crippen LogP contribution in [0.5, 0.6) is 5.75 Å². The first-order valence-corrected chi connectivity index (χ1v) is 6.66. The van der Waals surface area contributed by atoms with Crippen LogP contribution in [0.25, 0.3) is 0 Å². The summed E-state index contributed by atoms with van der Waals surface area (Å²) in [6.45, 7) is 5.98. The standard InChI is InChI=1S/C15H22N2O2/c1-15(2)7-4-8-17(10-15)14(18)12-9-11(16)5-6-13(12)19-3/h5-6,9H,4,7-8,10,16H2,1-3H3. The Hall–Kier alpha value is -1.71. The normalized spacial score (nSPS) is 18.2. The van der Waals surface area contributed by atoms with Crippen molar-refractivity contribution in [3.63, 3.8) is 0 Å². The maximum Gasteiger partial charge on any atom is 0.257 e. The second kappa shape index (κ2) is 5.11. The lowest BCUT2D eigenvalue weighted by Gasteiger charge is -2.38. The van der Waals surface area contributed by atoms with Crippen molar-refractivity contribution in [3.8, 4) is 5.75 Å². The molecule has 0 aliphatic carbocycles. The molecule has 0 aromatic heterocycles.